The second-order valence-electron chi connectivity index (χ2n) is 3.94. The fourth-order valence-corrected chi connectivity index (χ4v) is 1.77. The molecular weight excluding hydrogens is 244 g/mol. The van der Waals surface area contributed by atoms with Crippen molar-refractivity contribution in [1.82, 2.24) is 15.2 Å². The minimum absolute atomic E-state index is 0.158. The number of pyridine rings is 1. The van der Waals surface area contributed by atoms with Crippen LogP contribution in [0.4, 0.5) is 5.82 Å². The van der Waals surface area contributed by atoms with Crippen molar-refractivity contribution < 1.29 is 9.90 Å². The predicted molar refractivity (Wildman–Crippen MR) is 70.0 cm³/mol. The van der Waals surface area contributed by atoms with Crippen LogP contribution in [0.25, 0.3) is 0 Å². The average molecular weight is 258 g/mol. The molecule has 2 aromatic rings. The second-order valence-corrected chi connectivity index (χ2v) is 3.94. The lowest BCUT2D eigenvalue weighted by Crippen LogP contribution is -2.25. The van der Waals surface area contributed by atoms with Crippen LogP contribution in [-0.2, 0) is 6.54 Å². The third kappa shape index (κ3) is 3.04. The summed E-state index contributed by atoms with van der Waals surface area (Å²) < 4.78 is 0. The average Bonchev–Trinajstić information content (AvgIpc) is 2.46. The Morgan fingerprint density at radius 1 is 1.26 bits per heavy atom. The van der Waals surface area contributed by atoms with Crippen LogP contribution < -0.4 is 4.90 Å². The van der Waals surface area contributed by atoms with E-state index in [4.69, 9.17) is 0 Å². The topological polar surface area (TPSA) is 79.2 Å². The monoisotopic (exact) mass is 258 g/mol. The van der Waals surface area contributed by atoms with E-state index in [9.17, 15) is 9.90 Å². The SMILES string of the molecule is CCN(Cc1ccncc1)c1nnccc1C(=O)O. The summed E-state index contributed by atoms with van der Waals surface area (Å²) in [5.41, 5.74) is 1.20. The maximum atomic E-state index is 11.2. The van der Waals surface area contributed by atoms with Gasteiger partial charge in [-0.05, 0) is 30.7 Å². The first-order valence-corrected chi connectivity index (χ1v) is 5.91. The molecule has 6 heteroatoms. The summed E-state index contributed by atoms with van der Waals surface area (Å²) >= 11 is 0. The van der Waals surface area contributed by atoms with Gasteiger partial charge in [0.2, 0.25) is 0 Å². The van der Waals surface area contributed by atoms with E-state index in [1.165, 1.54) is 12.3 Å². The quantitative estimate of drug-likeness (QED) is 0.877. The highest BCUT2D eigenvalue weighted by molar-refractivity contribution is 5.93. The Labute approximate surface area is 110 Å². The van der Waals surface area contributed by atoms with Gasteiger partial charge in [-0.1, -0.05) is 0 Å². The lowest BCUT2D eigenvalue weighted by atomic mass is 10.2. The molecule has 0 bridgehead atoms. The van der Waals surface area contributed by atoms with Gasteiger partial charge in [0.25, 0.3) is 0 Å². The van der Waals surface area contributed by atoms with Gasteiger partial charge >= 0.3 is 5.97 Å². The van der Waals surface area contributed by atoms with E-state index in [1.54, 1.807) is 12.4 Å². The van der Waals surface area contributed by atoms with Crippen molar-refractivity contribution in [3.8, 4) is 0 Å². The van der Waals surface area contributed by atoms with E-state index < -0.39 is 5.97 Å². The number of carboxylic acids is 1. The summed E-state index contributed by atoms with van der Waals surface area (Å²) in [6.07, 6.45) is 4.79. The van der Waals surface area contributed by atoms with Gasteiger partial charge in [0.05, 0.1) is 6.20 Å². The van der Waals surface area contributed by atoms with Gasteiger partial charge in [-0.15, -0.1) is 5.10 Å². The normalized spacial score (nSPS) is 10.2. The number of carbonyl (C=O) groups is 1. The summed E-state index contributed by atoms with van der Waals surface area (Å²) in [5, 5.41) is 16.9. The molecule has 0 fully saturated rings. The van der Waals surface area contributed by atoms with Crippen molar-refractivity contribution in [2.75, 3.05) is 11.4 Å². The standard InChI is InChI=1S/C13H14N4O2/c1-2-17(9-10-3-6-14-7-4-10)12-11(13(18)19)5-8-15-16-12/h3-8H,2,9H2,1H3,(H,18,19). The number of rotatable bonds is 5. The highest BCUT2D eigenvalue weighted by Gasteiger charge is 2.17. The molecule has 0 saturated heterocycles. The number of carboxylic acid groups (broad SMARTS) is 1. The van der Waals surface area contributed by atoms with Gasteiger partial charge in [0.1, 0.15) is 5.56 Å². The molecule has 0 aliphatic rings. The van der Waals surface area contributed by atoms with E-state index in [2.05, 4.69) is 15.2 Å². The van der Waals surface area contributed by atoms with E-state index in [1.807, 2.05) is 24.0 Å². The smallest absolute Gasteiger partial charge is 0.339 e. The second kappa shape index (κ2) is 5.90. The lowest BCUT2D eigenvalue weighted by Gasteiger charge is -2.22. The molecule has 0 unspecified atom stereocenters. The minimum Gasteiger partial charge on any atom is -0.478 e. The van der Waals surface area contributed by atoms with Gasteiger partial charge in [0, 0.05) is 25.5 Å². The molecule has 2 heterocycles. The molecule has 2 rings (SSSR count). The Hall–Kier alpha value is -2.50. The maximum Gasteiger partial charge on any atom is 0.339 e. The number of aromatic carboxylic acids is 1. The predicted octanol–water partition coefficient (Wildman–Crippen LogP) is 1.60. The summed E-state index contributed by atoms with van der Waals surface area (Å²) in [4.78, 5) is 17.0. The molecule has 0 aromatic carbocycles. The van der Waals surface area contributed by atoms with Crippen molar-refractivity contribution in [2.24, 2.45) is 0 Å². The van der Waals surface area contributed by atoms with Crippen LogP contribution in [-0.4, -0.2) is 32.8 Å². The number of nitrogens with zero attached hydrogens (tertiary/aromatic N) is 4. The first-order chi connectivity index (χ1) is 9.22. The fraction of sp³-hybridized carbons (Fsp3) is 0.231. The number of hydrogen-bond donors (Lipinski definition) is 1. The molecule has 0 saturated carbocycles. The highest BCUT2D eigenvalue weighted by Crippen LogP contribution is 2.18. The van der Waals surface area contributed by atoms with E-state index in [0.29, 0.717) is 18.9 Å². The van der Waals surface area contributed by atoms with Crippen LogP contribution in [0.2, 0.25) is 0 Å². The number of anilines is 1. The van der Waals surface area contributed by atoms with Crippen LogP contribution in [0.1, 0.15) is 22.8 Å². The van der Waals surface area contributed by atoms with Crippen molar-refractivity contribution >= 4 is 11.8 Å². The first kappa shape index (κ1) is 12.9. The van der Waals surface area contributed by atoms with Crippen molar-refractivity contribution in [1.29, 1.82) is 0 Å². The Morgan fingerprint density at radius 2 is 2.00 bits per heavy atom. The minimum atomic E-state index is -1.00. The van der Waals surface area contributed by atoms with Crippen LogP contribution in [0.5, 0.6) is 0 Å². The van der Waals surface area contributed by atoms with Gasteiger partial charge in [-0.3, -0.25) is 4.98 Å². The van der Waals surface area contributed by atoms with Crippen molar-refractivity contribution in [2.45, 2.75) is 13.5 Å². The molecule has 0 aliphatic heterocycles. The van der Waals surface area contributed by atoms with Crippen LogP contribution in [0, 0.1) is 0 Å². The van der Waals surface area contributed by atoms with Crippen LogP contribution >= 0.6 is 0 Å². The molecule has 98 valence electrons. The summed E-state index contributed by atoms with van der Waals surface area (Å²) in [6, 6.07) is 5.23. The molecule has 0 radical (unpaired) electrons. The lowest BCUT2D eigenvalue weighted by molar-refractivity contribution is 0.0697. The molecule has 19 heavy (non-hydrogen) atoms. The van der Waals surface area contributed by atoms with Gasteiger partial charge in [-0.25, -0.2) is 4.79 Å². The number of hydrogen-bond acceptors (Lipinski definition) is 5. The van der Waals surface area contributed by atoms with Gasteiger partial charge in [-0.2, -0.15) is 5.10 Å². The zero-order valence-corrected chi connectivity index (χ0v) is 10.5. The Bertz CT molecular complexity index is 560. The first-order valence-electron chi connectivity index (χ1n) is 5.91. The molecule has 0 spiro atoms. The third-order valence-electron chi connectivity index (χ3n) is 2.74. The fourth-order valence-electron chi connectivity index (χ4n) is 1.77. The van der Waals surface area contributed by atoms with E-state index >= 15 is 0 Å². The van der Waals surface area contributed by atoms with Crippen molar-refractivity contribution in [3.05, 3.63) is 47.9 Å². The summed E-state index contributed by atoms with van der Waals surface area (Å²) in [6.45, 7) is 3.15. The van der Waals surface area contributed by atoms with E-state index in [-0.39, 0.29) is 5.56 Å². The third-order valence-corrected chi connectivity index (χ3v) is 2.74. The molecule has 0 atom stereocenters. The zero-order chi connectivity index (χ0) is 13.7. The largest absolute Gasteiger partial charge is 0.478 e. The molecular formula is C13H14N4O2. The molecule has 6 nitrogen and oxygen atoms in total. The number of aromatic nitrogens is 3. The molecule has 0 aliphatic carbocycles. The Morgan fingerprint density at radius 3 is 2.63 bits per heavy atom. The van der Waals surface area contributed by atoms with Crippen LogP contribution in [0.15, 0.2) is 36.8 Å². The Balaban J connectivity index is 2.30. The van der Waals surface area contributed by atoms with Gasteiger partial charge < -0.3 is 10.0 Å². The Kier molecular flexibility index (Phi) is 4.02. The molecule has 1 N–H and O–H groups in total. The highest BCUT2D eigenvalue weighted by atomic mass is 16.4. The summed E-state index contributed by atoms with van der Waals surface area (Å²) in [5.74, 6) is -0.618. The molecule has 0 amide bonds. The van der Waals surface area contributed by atoms with Crippen molar-refractivity contribution in [3.63, 3.8) is 0 Å². The summed E-state index contributed by atoms with van der Waals surface area (Å²) in [7, 11) is 0. The maximum absolute atomic E-state index is 11.2. The molecule has 2 aromatic heterocycles. The van der Waals surface area contributed by atoms with Gasteiger partial charge in [0.15, 0.2) is 5.82 Å². The zero-order valence-electron chi connectivity index (χ0n) is 10.5. The van der Waals surface area contributed by atoms with E-state index in [0.717, 1.165) is 5.56 Å². The van der Waals surface area contributed by atoms with Crippen LogP contribution in [0.3, 0.4) is 0 Å².